The summed E-state index contributed by atoms with van der Waals surface area (Å²) in [7, 11) is 2.36. The van der Waals surface area contributed by atoms with Gasteiger partial charge in [0.05, 0.1) is 6.61 Å². The Hall–Kier alpha value is -0.120. The van der Waals surface area contributed by atoms with Crippen LogP contribution < -0.4 is 5.32 Å². The minimum absolute atomic E-state index is 0.357. The van der Waals surface area contributed by atoms with Crippen LogP contribution >= 0.6 is 0 Å². The monoisotopic (exact) mass is 294 g/mol. The third-order valence-electron chi connectivity index (χ3n) is 5.86. The largest absolute Gasteiger partial charge is 0.381 e. The summed E-state index contributed by atoms with van der Waals surface area (Å²) in [6.45, 7) is 6.72. The third-order valence-corrected chi connectivity index (χ3v) is 5.86. The Labute approximate surface area is 130 Å². The lowest BCUT2D eigenvalue weighted by Crippen LogP contribution is -2.51. The summed E-state index contributed by atoms with van der Waals surface area (Å²) in [4.78, 5) is 2.67. The Morgan fingerprint density at radius 3 is 2.71 bits per heavy atom. The van der Waals surface area contributed by atoms with Crippen LogP contribution in [0.25, 0.3) is 0 Å². The number of nitrogens with zero attached hydrogens (tertiary/aromatic N) is 1. The van der Waals surface area contributed by atoms with Crippen LogP contribution in [0.4, 0.5) is 0 Å². The second kappa shape index (κ2) is 6.97. The quantitative estimate of drug-likeness (QED) is 0.815. The van der Waals surface area contributed by atoms with Crippen LogP contribution in [0.3, 0.4) is 0 Å². The highest BCUT2D eigenvalue weighted by molar-refractivity contribution is 4.92. The van der Waals surface area contributed by atoms with Crippen LogP contribution in [0.1, 0.15) is 58.3 Å². The summed E-state index contributed by atoms with van der Waals surface area (Å²) in [5, 5.41) is 3.78. The van der Waals surface area contributed by atoms with Gasteiger partial charge in [0.1, 0.15) is 0 Å². The van der Waals surface area contributed by atoms with Crippen LogP contribution in [0.15, 0.2) is 0 Å². The maximum atomic E-state index is 5.88. The van der Waals surface area contributed by atoms with Crippen molar-refractivity contribution in [2.45, 2.75) is 70.4 Å². The second-order valence-electron chi connectivity index (χ2n) is 8.15. The predicted molar refractivity (Wildman–Crippen MR) is 87.6 cm³/mol. The van der Waals surface area contributed by atoms with E-state index in [1.165, 1.54) is 57.9 Å². The van der Waals surface area contributed by atoms with Gasteiger partial charge in [0.2, 0.25) is 0 Å². The van der Waals surface area contributed by atoms with E-state index in [1.54, 1.807) is 0 Å². The summed E-state index contributed by atoms with van der Waals surface area (Å²) >= 11 is 0. The molecule has 0 bridgehead atoms. The molecule has 21 heavy (non-hydrogen) atoms. The van der Waals surface area contributed by atoms with Gasteiger partial charge in [-0.1, -0.05) is 19.8 Å². The Kier molecular flexibility index (Phi) is 5.23. The van der Waals surface area contributed by atoms with E-state index in [2.05, 4.69) is 24.2 Å². The van der Waals surface area contributed by atoms with Crippen LogP contribution in [-0.4, -0.2) is 50.3 Å². The molecule has 0 aromatic carbocycles. The minimum atomic E-state index is 0.357. The summed E-state index contributed by atoms with van der Waals surface area (Å²) in [5.41, 5.74) is 0.357. The standard InChI is InChI=1S/C18H34N2O/c1-15-5-3-6-17(11-15)20(2)13-18(9-4-10-21-14-18)12-19-16-7-8-16/h15-17,19H,3-14H2,1-2H3. The normalized spacial score (nSPS) is 37.9. The average Bonchev–Trinajstić information content (AvgIpc) is 3.30. The molecule has 0 spiro atoms. The molecule has 2 saturated carbocycles. The molecule has 3 heteroatoms. The van der Waals surface area contributed by atoms with Gasteiger partial charge in [-0.2, -0.15) is 0 Å². The first-order valence-electron chi connectivity index (χ1n) is 9.18. The van der Waals surface area contributed by atoms with Crippen LogP contribution in [-0.2, 0) is 4.74 Å². The molecule has 0 amide bonds. The van der Waals surface area contributed by atoms with Crippen molar-refractivity contribution in [3.05, 3.63) is 0 Å². The van der Waals surface area contributed by atoms with Gasteiger partial charge in [0, 0.05) is 37.2 Å². The molecule has 1 saturated heterocycles. The molecule has 0 radical (unpaired) electrons. The van der Waals surface area contributed by atoms with Crippen molar-refractivity contribution in [1.29, 1.82) is 0 Å². The molecule has 3 rings (SSSR count). The zero-order valence-electron chi connectivity index (χ0n) is 14.1. The predicted octanol–water partition coefficient (Wildman–Crippen LogP) is 3.05. The molecule has 0 aromatic rings. The maximum Gasteiger partial charge on any atom is 0.0546 e. The Morgan fingerprint density at radius 1 is 1.19 bits per heavy atom. The highest BCUT2D eigenvalue weighted by Gasteiger charge is 2.37. The molecular weight excluding hydrogens is 260 g/mol. The van der Waals surface area contributed by atoms with Gasteiger partial charge in [-0.15, -0.1) is 0 Å². The van der Waals surface area contributed by atoms with Gasteiger partial charge < -0.3 is 15.0 Å². The third kappa shape index (κ3) is 4.43. The molecule has 3 nitrogen and oxygen atoms in total. The molecule has 122 valence electrons. The lowest BCUT2D eigenvalue weighted by atomic mass is 9.80. The van der Waals surface area contributed by atoms with Crippen molar-refractivity contribution in [3.63, 3.8) is 0 Å². The SMILES string of the molecule is CC1CCCC(N(C)CC2(CNC3CC3)CCCOC2)C1. The summed E-state index contributed by atoms with van der Waals surface area (Å²) in [6.07, 6.45) is 11.0. The Balaban J connectivity index is 1.56. The van der Waals surface area contributed by atoms with Crippen molar-refractivity contribution in [1.82, 2.24) is 10.2 Å². The topological polar surface area (TPSA) is 24.5 Å². The van der Waals surface area contributed by atoms with E-state index in [9.17, 15) is 0 Å². The zero-order valence-corrected chi connectivity index (χ0v) is 14.1. The number of ether oxygens (including phenoxy) is 1. The highest BCUT2D eigenvalue weighted by Crippen LogP contribution is 2.33. The summed E-state index contributed by atoms with van der Waals surface area (Å²) in [6, 6.07) is 1.61. The molecule has 1 aliphatic heterocycles. The van der Waals surface area contributed by atoms with Crippen molar-refractivity contribution in [2.75, 3.05) is 33.4 Å². The zero-order chi connectivity index (χ0) is 14.7. The fourth-order valence-corrected chi connectivity index (χ4v) is 4.34. The smallest absolute Gasteiger partial charge is 0.0546 e. The molecular formula is C18H34N2O. The maximum absolute atomic E-state index is 5.88. The van der Waals surface area contributed by atoms with E-state index in [-0.39, 0.29) is 0 Å². The number of nitrogens with one attached hydrogen (secondary N) is 1. The van der Waals surface area contributed by atoms with Gasteiger partial charge in [0.25, 0.3) is 0 Å². The first-order valence-corrected chi connectivity index (χ1v) is 9.18. The molecule has 3 aliphatic rings. The van der Waals surface area contributed by atoms with Crippen molar-refractivity contribution < 1.29 is 4.74 Å². The van der Waals surface area contributed by atoms with Crippen LogP contribution in [0.5, 0.6) is 0 Å². The average molecular weight is 294 g/mol. The molecule has 0 aromatic heterocycles. The van der Waals surface area contributed by atoms with Crippen molar-refractivity contribution in [2.24, 2.45) is 11.3 Å². The summed E-state index contributed by atoms with van der Waals surface area (Å²) in [5.74, 6) is 0.911. The molecule has 1 heterocycles. The summed E-state index contributed by atoms with van der Waals surface area (Å²) < 4.78 is 5.88. The first-order chi connectivity index (χ1) is 10.2. The molecule has 2 aliphatic carbocycles. The minimum Gasteiger partial charge on any atom is -0.381 e. The lowest BCUT2D eigenvalue weighted by Gasteiger charge is -2.43. The Bertz CT molecular complexity index is 323. The second-order valence-corrected chi connectivity index (χ2v) is 8.15. The number of hydrogen-bond acceptors (Lipinski definition) is 3. The highest BCUT2D eigenvalue weighted by atomic mass is 16.5. The fourth-order valence-electron chi connectivity index (χ4n) is 4.34. The van der Waals surface area contributed by atoms with Crippen molar-refractivity contribution in [3.8, 4) is 0 Å². The number of rotatable bonds is 6. The van der Waals surface area contributed by atoms with E-state index in [0.29, 0.717) is 5.41 Å². The van der Waals surface area contributed by atoms with E-state index in [1.807, 2.05) is 0 Å². The van der Waals surface area contributed by atoms with Gasteiger partial charge in [0.15, 0.2) is 0 Å². The molecule has 3 atom stereocenters. The van der Waals surface area contributed by atoms with E-state index in [0.717, 1.165) is 37.8 Å². The molecule has 3 unspecified atom stereocenters. The van der Waals surface area contributed by atoms with Gasteiger partial charge >= 0.3 is 0 Å². The lowest BCUT2D eigenvalue weighted by molar-refractivity contribution is -0.0319. The van der Waals surface area contributed by atoms with Crippen LogP contribution in [0, 0.1) is 11.3 Å². The fraction of sp³-hybridized carbons (Fsp3) is 1.00. The van der Waals surface area contributed by atoms with E-state index < -0.39 is 0 Å². The van der Waals surface area contributed by atoms with E-state index in [4.69, 9.17) is 4.74 Å². The first kappa shape index (κ1) is 15.8. The Morgan fingerprint density at radius 2 is 2.05 bits per heavy atom. The van der Waals surface area contributed by atoms with Gasteiger partial charge in [-0.05, 0) is 51.5 Å². The van der Waals surface area contributed by atoms with Crippen LogP contribution in [0.2, 0.25) is 0 Å². The number of hydrogen-bond donors (Lipinski definition) is 1. The van der Waals surface area contributed by atoms with Gasteiger partial charge in [-0.3, -0.25) is 0 Å². The van der Waals surface area contributed by atoms with Crippen molar-refractivity contribution >= 4 is 0 Å². The molecule has 3 fully saturated rings. The van der Waals surface area contributed by atoms with E-state index >= 15 is 0 Å². The molecule has 1 N–H and O–H groups in total. The van der Waals surface area contributed by atoms with Gasteiger partial charge in [-0.25, -0.2) is 0 Å².